The van der Waals surface area contributed by atoms with Gasteiger partial charge in [-0.15, -0.1) is 0 Å². The van der Waals surface area contributed by atoms with Gasteiger partial charge in [-0.2, -0.15) is 0 Å². The van der Waals surface area contributed by atoms with Gasteiger partial charge in [0, 0.05) is 0 Å². The van der Waals surface area contributed by atoms with E-state index >= 15 is 0 Å². The number of rotatable bonds is 7. The monoisotopic (exact) mass is 230 g/mol. The van der Waals surface area contributed by atoms with Crippen LogP contribution >= 0.6 is 0 Å². The number of carbonyl (C=O) groups is 2. The van der Waals surface area contributed by atoms with Crippen molar-refractivity contribution < 1.29 is 14.7 Å². The summed E-state index contributed by atoms with van der Waals surface area (Å²) in [5.74, 6) is -1.49. The third kappa shape index (κ3) is 4.61. The third-order valence-electron chi connectivity index (χ3n) is 2.71. The van der Waals surface area contributed by atoms with Crippen LogP contribution in [0.4, 0.5) is 0 Å². The minimum Gasteiger partial charge on any atom is -0.480 e. The summed E-state index contributed by atoms with van der Waals surface area (Å²) in [6.07, 6.45) is 2.06. The Morgan fingerprint density at radius 3 is 2.31 bits per heavy atom. The van der Waals surface area contributed by atoms with Crippen LogP contribution in [-0.4, -0.2) is 29.1 Å². The first kappa shape index (κ1) is 14.9. The van der Waals surface area contributed by atoms with Crippen LogP contribution in [0.15, 0.2) is 0 Å². The second-order valence-corrected chi connectivity index (χ2v) is 4.11. The fourth-order valence-corrected chi connectivity index (χ4v) is 1.39. The average molecular weight is 230 g/mol. The van der Waals surface area contributed by atoms with Gasteiger partial charge in [0.15, 0.2) is 0 Å². The maximum atomic E-state index is 11.6. The molecule has 0 aliphatic carbocycles. The van der Waals surface area contributed by atoms with Gasteiger partial charge in [-0.25, -0.2) is 4.79 Å². The molecular formula is C11H22N2O3. The summed E-state index contributed by atoms with van der Waals surface area (Å²) in [4.78, 5) is 22.5. The van der Waals surface area contributed by atoms with Crippen molar-refractivity contribution in [2.24, 2.45) is 11.7 Å². The molecule has 5 nitrogen and oxygen atoms in total. The van der Waals surface area contributed by atoms with Crippen molar-refractivity contribution in [3.63, 3.8) is 0 Å². The van der Waals surface area contributed by atoms with Gasteiger partial charge in [-0.1, -0.05) is 33.6 Å². The van der Waals surface area contributed by atoms with E-state index in [1.54, 1.807) is 6.92 Å². The Morgan fingerprint density at radius 2 is 1.94 bits per heavy atom. The lowest BCUT2D eigenvalue weighted by atomic mass is 9.98. The standard InChI is InChI=1S/C11H22N2O3/c1-4-6-8(12)10(14)13-9(11(15)16)7(3)5-2/h7-9H,4-6,12H2,1-3H3,(H,13,14)(H,15,16)/t7?,8?,9-/m0/s1. The van der Waals surface area contributed by atoms with Crippen LogP contribution in [0.5, 0.6) is 0 Å². The minimum absolute atomic E-state index is 0.102. The first-order valence-electron chi connectivity index (χ1n) is 5.72. The molecule has 5 heteroatoms. The average Bonchev–Trinajstić information content (AvgIpc) is 2.24. The maximum Gasteiger partial charge on any atom is 0.326 e. The summed E-state index contributed by atoms with van der Waals surface area (Å²) in [5.41, 5.74) is 5.61. The van der Waals surface area contributed by atoms with Gasteiger partial charge in [0.05, 0.1) is 6.04 Å². The summed E-state index contributed by atoms with van der Waals surface area (Å²) >= 11 is 0. The molecule has 1 amide bonds. The van der Waals surface area contributed by atoms with Crippen molar-refractivity contribution in [2.45, 2.75) is 52.1 Å². The molecule has 0 spiro atoms. The van der Waals surface area contributed by atoms with Crippen LogP contribution in [0.25, 0.3) is 0 Å². The van der Waals surface area contributed by atoms with E-state index < -0.39 is 18.1 Å². The summed E-state index contributed by atoms with van der Waals surface area (Å²) in [5, 5.41) is 11.5. The zero-order valence-electron chi connectivity index (χ0n) is 10.2. The van der Waals surface area contributed by atoms with Crippen LogP contribution in [0.3, 0.4) is 0 Å². The molecule has 0 saturated carbocycles. The molecule has 0 heterocycles. The molecule has 94 valence electrons. The normalized spacial score (nSPS) is 16.2. The number of carbonyl (C=O) groups excluding carboxylic acids is 1. The van der Waals surface area contributed by atoms with Gasteiger partial charge in [0.1, 0.15) is 6.04 Å². The molecule has 0 aromatic carbocycles. The van der Waals surface area contributed by atoms with Crippen molar-refractivity contribution in [1.29, 1.82) is 0 Å². The molecule has 4 N–H and O–H groups in total. The van der Waals surface area contributed by atoms with Gasteiger partial charge in [-0.05, 0) is 12.3 Å². The molecule has 0 saturated heterocycles. The van der Waals surface area contributed by atoms with Crippen LogP contribution in [0.1, 0.15) is 40.0 Å². The van der Waals surface area contributed by atoms with Crippen LogP contribution < -0.4 is 11.1 Å². The number of carboxylic acids is 1. The van der Waals surface area contributed by atoms with Gasteiger partial charge in [-0.3, -0.25) is 4.79 Å². The smallest absolute Gasteiger partial charge is 0.326 e. The Hall–Kier alpha value is -1.10. The van der Waals surface area contributed by atoms with E-state index in [4.69, 9.17) is 10.8 Å². The zero-order valence-corrected chi connectivity index (χ0v) is 10.2. The fraction of sp³-hybridized carbons (Fsp3) is 0.818. The van der Waals surface area contributed by atoms with Crippen molar-refractivity contribution in [3.8, 4) is 0 Å². The largest absolute Gasteiger partial charge is 0.480 e. The van der Waals surface area contributed by atoms with E-state index in [1.165, 1.54) is 0 Å². The minimum atomic E-state index is -1.01. The van der Waals surface area contributed by atoms with E-state index in [-0.39, 0.29) is 11.8 Å². The van der Waals surface area contributed by atoms with Crippen LogP contribution in [0, 0.1) is 5.92 Å². The Morgan fingerprint density at radius 1 is 1.38 bits per heavy atom. The van der Waals surface area contributed by atoms with Crippen LogP contribution in [0.2, 0.25) is 0 Å². The molecule has 0 rings (SSSR count). The van der Waals surface area contributed by atoms with Crippen molar-refractivity contribution in [3.05, 3.63) is 0 Å². The van der Waals surface area contributed by atoms with E-state index in [0.29, 0.717) is 12.8 Å². The molecule has 16 heavy (non-hydrogen) atoms. The molecule has 0 aromatic heterocycles. The zero-order chi connectivity index (χ0) is 12.7. The molecule has 0 radical (unpaired) electrons. The second kappa shape index (κ2) is 7.22. The quantitative estimate of drug-likeness (QED) is 0.601. The Balaban J connectivity index is 4.40. The lowest BCUT2D eigenvalue weighted by molar-refractivity contribution is -0.143. The molecule has 0 fully saturated rings. The Bertz CT molecular complexity index is 243. The SMILES string of the molecule is CCCC(N)C(=O)N[C@H](C(=O)O)C(C)CC. The van der Waals surface area contributed by atoms with Crippen LogP contribution in [-0.2, 0) is 9.59 Å². The fourth-order valence-electron chi connectivity index (χ4n) is 1.39. The maximum absolute atomic E-state index is 11.6. The summed E-state index contributed by atoms with van der Waals surface area (Å²) in [7, 11) is 0. The second-order valence-electron chi connectivity index (χ2n) is 4.11. The highest BCUT2D eigenvalue weighted by Gasteiger charge is 2.26. The number of hydrogen-bond donors (Lipinski definition) is 3. The van der Waals surface area contributed by atoms with Crippen molar-refractivity contribution >= 4 is 11.9 Å². The summed E-state index contributed by atoms with van der Waals surface area (Å²) in [6, 6.07) is -1.46. The van der Waals surface area contributed by atoms with Gasteiger partial charge >= 0.3 is 5.97 Å². The lowest BCUT2D eigenvalue weighted by Gasteiger charge is -2.22. The van der Waals surface area contributed by atoms with E-state index in [0.717, 1.165) is 6.42 Å². The third-order valence-corrected chi connectivity index (χ3v) is 2.71. The number of aliphatic carboxylic acids is 1. The summed E-state index contributed by atoms with van der Waals surface area (Å²) in [6.45, 7) is 5.61. The highest BCUT2D eigenvalue weighted by Crippen LogP contribution is 2.08. The number of hydrogen-bond acceptors (Lipinski definition) is 3. The Kier molecular flexibility index (Phi) is 6.72. The predicted molar refractivity (Wildman–Crippen MR) is 61.9 cm³/mol. The van der Waals surface area contributed by atoms with E-state index in [1.807, 2.05) is 13.8 Å². The van der Waals surface area contributed by atoms with Gasteiger partial charge in [0.2, 0.25) is 5.91 Å². The lowest BCUT2D eigenvalue weighted by Crippen LogP contribution is -2.50. The van der Waals surface area contributed by atoms with Crippen molar-refractivity contribution in [2.75, 3.05) is 0 Å². The number of nitrogens with two attached hydrogens (primary N) is 1. The Labute approximate surface area is 96.4 Å². The van der Waals surface area contributed by atoms with Gasteiger partial charge < -0.3 is 16.2 Å². The van der Waals surface area contributed by atoms with Gasteiger partial charge in [0.25, 0.3) is 0 Å². The first-order valence-corrected chi connectivity index (χ1v) is 5.72. The van der Waals surface area contributed by atoms with Crippen molar-refractivity contribution in [1.82, 2.24) is 5.32 Å². The topological polar surface area (TPSA) is 92.4 Å². The highest BCUT2D eigenvalue weighted by molar-refractivity contribution is 5.86. The highest BCUT2D eigenvalue weighted by atomic mass is 16.4. The number of amides is 1. The number of nitrogens with one attached hydrogen (secondary N) is 1. The molecule has 3 atom stereocenters. The molecule has 0 bridgehead atoms. The molecule has 0 aliphatic rings. The van der Waals surface area contributed by atoms with E-state index in [9.17, 15) is 9.59 Å². The molecule has 2 unspecified atom stereocenters. The molecule has 0 aromatic rings. The van der Waals surface area contributed by atoms with E-state index in [2.05, 4.69) is 5.32 Å². The molecular weight excluding hydrogens is 208 g/mol. The number of carboxylic acid groups (broad SMARTS) is 1. The molecule has 0 aliphatic heterocycles. The first-order chi connectivity index (χ1) is 7.43. The predicted octanol–water partition coefficient (Wildman–Crippen LogP) is 0.729. The summed E-state index contributed by atoms with van der Waals surface area (Å²) < 4.78 is 0.